The van der Waals surface area contributed by atoms with Crippen LogP contribution in [0, 0.1) is 5.82 Å². The SMILES string of the molecule is CN(C(=O)c1ccccc1F)C1CCS(=O)(=O)C1. The number of sulfone groups is 1. The highest BCUT2D eigenvalue weighted by atomic mass is 32.2. The molecule has 1 aliphatic rings. The molecule has 1 heterocycles. The first-order valence-corrected chi connectivity index (χ1v) is 7.45. The zero-order valence-electron chi connectivity index (χ0n) is 9.97. The molecule has 1 aromatic rings. The van der Waals surface area contributed by atoms with Crippen LogP contribution in [-0.2, 0) is 9.84 Å². The zero-order chi connectivity index (χ0) is 13.3. The van der Waals surface area contributed by atoms with Gasteiger partial charge in [0, 0.05) is 13.1 Å². The van der Waals surface area contributed by atoms with E-state index in [0.29, 0.717) is 6.42 Å². The van der Waals surface area contributed by atoms with Crippen molar-refractivity contribution in [3.63, 3.8) is 0 Å². The summed E-state index contributed by atoms with van der Waals surface area (Å²) in [5.41, 5.74) is -0.0238. The highest BCUT2D eigenvalue weighted by molar-refractivity contribution is 7.91. The maximum atomic E-state index is 13.5. The Morgan fingerprint density at radius 2 is 2.06 bits per heavy atom. The Morgan fingerprint density at radius 1 is 1.39 bits per heavy atom. The van der Waals surface area contributed by atoms with Crippen LogP contribution in [-0.4, -0.2) is 43.8 Å². The van der Waals surface area contributed by atoms with Crippen LogP contribution in [0.5, 0.6) is 0 Å². The van der Waals surface area contributed by atoms with Crippen molar-refractivity contribution >= 4 is 15.7 Å². The van der Waals surface area contributed by atoms with Crippen molar-refractivity contribution in [2.75, 3.05) is 18.6 Å². The summed E-state index contributed by atoms with van der Waals surface area (Å²) in [5.74, 6) is -1.01. The first-order valence-electron chi connectivity index (χ1n) is 5.63. The molecule has 1 saturated heterocycles. The Bertz CT molecular complexity index is 570. The van der Waals surface area contributed by atoms with Crippen LogP contribution in [0.4, 0.5) is 4.39 Å². The Morgan fingerprint density at radius 3 is 2.61 bits per heavy atom. The number of carbonyl (C=O) groups is 1. The molecule has 0 spiro atoms. The average molecular weight is 271 g/mol. The second kappa shape index (κ2) is 4.68. The average Bonchev–Trinajstić information content (AvgIpc) is 2.68. The summed E-state index contributed by atoms with van der Waals surface area (Å²) >= 11 is 0. The molecule has 1 atom stereocenters. The number of halogens is 1. The van der Waals surface area contributed by atoms with Crippen LogP contribution in [0.2, 0.25) is 0 Å². The molecule has 1 aliphatic heterocycles. The molecule has 0 bridgehead atoms. The lowest BCUT2D eigenvalue weighted by Crippen LogP contribution is -2.38. The Kier molecular flexibility index (Phi) is 3.38. The van der Waals surface area contributed by atoms with Crippen molar-refractivity contribution < 1.29 is 17.6 Å². The van der Waals surface area contributed by atoms with E-state index in [0.717, 1.165) is 0 Å². The van der Waals surface area contributed by atoms with Crippen LogP contribution >= 0.6 is 0 Å². The third kappa shape index (κ3) is 2.53. The summed E-state index contributed by atoms with van der Waals surface area (Å²) in [7, 11) is -1.54. The Hall–Kier alpha value is -1.43. The summed E-state index contributed by atoms with van der Waals surface area (Å²) in [6.45, 7) is 0. The standard InChI is InChI=1S/C12H14FNO3S/c1-14(9-6-7-18(16,17)8-9)12(15)10-4-2-3-5-11(10)13/h2-5,9H,6-8H2,1H3. The monoisotopic (exact) mass is 271 g/mol. The number of hydrogen-bond donors (Lipinski definition) is 0. The van der Waals surface area contributed by atoms with E-state index in [2.05, 4.69) is 0 Å². The van der Waals surface area contributed by atoms with Gasteiger partial charge < -0.3 is 4.90 Å². The van der Waals surface area contributed by atoms with E-state index in [1.165, 1.54) is 30.1 Å². The van der Waals surface area contributed by atoms with Gasteiger partial charge in [-0.25, -0.2) is 12.8 Å². The van der Waals surface area contributed by atoms with E-state index in [1.807, 2.05) is 0 Å². The van der Waals surface area contributed by atoms with Crippen LogP contribution < -0.4 is 0 Å². The number of carbonyl (C=O) groups excluding carboxylic acids is 1. The van der Waals surface area contributed by atoms with E-state index < -0.39 is 21.6 Å². The van der Waals surface area contributed by atoms with Gasteiger partial charge >= 0.3 is 0 Å². The summed E-state index contributed by atoms with van der Waals surface area (Å²) < 4.78 is 36.2. The maximum absolute atomic E-state index is 13.5. The minimum atomic E-state index is -3.05. The molecule has 1 aromatic carbocycles. The zero-order valence-corrected chi connectivity index (χ0v) is 10.8. The molecule has 0 N–H and O–H groups in total. The Labute approximate surface area is 105 Å². The molecule has 98 valence electrons. The summed E-state index contributed by atoms with van der Waals surface area (Å²) in [4.78, 5) is 13.4. The quantitative estimate of drug-likeness (QED) is 0.809. The first kappa shape index (κ1) is 13.0. The molecule has 1 fully saturated rings. The fourth-order valence-corrected chi connectivity index (χ4v) is 3.85. The number of nitrogens with zero attached hydrogens (tertiary/aromatic N) is 1. The van der Waals surface area contributed by atoms with Crippen molar-refractivity contribution in [1.82, 2.24) is 4.90 Å². The van der Waals surface area contributed by atoms with Crippen LogP contribution in [0.3, 0.4) is 0 Å². The van der Waals surface area contributed by atoms with Crippen molar-refractivity contribution in [3.8, 4) is 0 Å². The number of amides is 1. The van der Waals surface area contributed by atoms with Crippen molar-refractivity contribution in [2.24, 2.45) is 0 Å². The minimum absolute atomic E-state index is 0.0238. The largest absolute Gasteiger partial charge is 0.338 e. The van der Waals surface area contributed by atoms with E-state index in [-0.39, 0.29) is 23.1 Å². The molecule has 1 unspecified atom stereocenters. The molecule has 0 radical (unpaired) electrons. The number of rotatable bonds is 2. The molecule has 18 heavy (non-hydrogen) atoms. The molecule has 1 amide bonds. The van der Waals surface area contributed by atoms with Gasteiger partial charge in [0.25, 0.3) is 5.91 Å². The molecule has 0 saturated carbocycles. The number of benzene rings is 1. The second-order valence-corrected chi connectivity index (χ2v) is 6.68. The lowest BCUT2D eigenvalue weighted by molar-refractivity contribution is 0.0743. The highest BCUT2D eigenvalue weighted by Crippen LogP contribution is 2.19. The van der Waals surface area contributed by atoms with Gasteiger partial charge in [-0.3, -0.25) is 4.79 Å². The van der Waals surface area contributed by atoms with Crippen molar-refractivity contribution in [2.45, 2.75) is 12.5 Å². The molecule has 0 aromatic heterocycles. The van der Waals surface area contributed by atoms with E-state index in [1.54, 1.807) is 6.07 Å². The molecule has 0 aliphatic carbocycles. The Balaban J connectivity index is 2.18. The first-order chi connectivity index (χ1) is 8.41. The normalized spacial score (nSPS) is 21.8. The predicted octanol–water partition coefficient (Wildman–Crippen LogP) is 1.08. The van der Waals surface area contributed by atoms with E-state index in [4.69, 9.17) is 0 Å². The van der Waals surface area contributed by atoms with Crippen LogP contribution in [0.15, 0.2) is 24.3 Å². The van der Waals surface area contributed by atoms with Gasteiger partial charge in [-0.1, -0.05) is 12.1 Å². The van der Waals surface area contributed by atoms with Gasteiger partial charge in [-0.15, -0.1) is 0 Å². The lowest BCUT2D eigenvalue weighted by atomic mass is 10.1. The molecule has 6 heteroatoms. The van der Waals surface area contributed by atoms with Crippen molar-refractivity contribution in [3.05, 3.63) is 35.6 Å². The molecule has 2 rings (SSSR count). The summed E-state index contributed by atoms with van der Waals surface area (Å²) in [6.07, 6.45) is 0.416. The van der Waals surface area contributed by atoms with Crippen LogP contribution in [0.1, 0.15) is 16.8 Å². The van der Waals surface area contributed by atoms with Gasteiger partial charge in [0.15, 0.2) is 9.84 Å². The van der Waals surface area contributed by atoms with E-state index >= 15 is 0 Å². The third-order valence-corrected chi connectivity index (χ3v) is 4.93. The molecular weight excluding hydrogens is 257 g/mol. The third-order valence-electron chi connectivity index (χ3n) is 3.18. The topological polar surface area (TPSA) is 54.5 Å². The number of hydrogen-bond acceptors (Lipinski definition) is 3. The van der Waals surface area contributed by atoms with Gasteiger partial charge in [0.1, 0.15) is 5.82 Å². The second-order valence-electron chi connectivity index (χ2n) is 4.45. The maximum Gasteiger partial charge on any atom is 0.256 e. The molecular formula is C12H14FNO3S. The molecule has 4 nitrogen and oxygen atoms in total. The predicted molar refractivity (Wildman–Crippen MR) is 65.6 cm³/mol. The minimum Gasteiger partial charge on any atom is -0.338 e. The van der Waals surface area contributed by atoms with Crippen LogP contribution in [0.25, 0.3) is 0 Å². The van der Waals surface area contributed by atoms with Crippen molar-refractivity contribution in [1.29, 1.82) is 0 Å². The fourth-order valence-electron chi connectivity index (χ4n) is 2.07. The summed E-state index contributed by atoms with van der Waals surface area (Å²) in [6, 6.07) is 5.34. The smallest absolute Gasteiger partial charge is 0.256 e. The van der Waals surface area contributed by atoms with E-state index in [9.17, 15) is 17.6 Å². The highest BCUT2D eigenvalue weighted by Gasteiger charge is 2.33. The van der Waals surface area contributed by atoms with Gasteiger partial charge in [-0.2, -0.15) is 0 Å². The van der Waals surface area contributed by atoms with Gasteiger partial charge in [-0.05, 0) is 18.6 Å². The lowest BCUT2D eigenvalue weighted by Gasteiger charge is -2.23. The van der Waals surface area contributed by atoms with Gasteiger partial charge in [0.2, 0.25) is 0 Å². The fraction of sp³-hybridized carbons (Fsp3) is 0.417. The summed E-state index contributed by atoms with van der Waals surface area (Å²) in [5, 5.41) is 0. The van der Waals surface area contributed by atoms with Gasteiger partial charge in [0.05, 0.1) is 17.1 Å².